The third-order valence-electron chi connectivity index (χ3n) is 3.94. The van der Waals surface area contributed by atoms with Crippen LogP contribution in [0.1, 0.15) is 18.4 Å². The van der Waals surface area contributed by atoms with Gasteiger partial charge in [-0.25, -0.2) is 0 Å². The number of benzene rings is 2. The van der Waals surface area contributed by atoms with Crippen LogP contribution in [0.4, 0.5) is 0 Å². The molecule has 1 heterocycles. The molecule has 2 aromatic carbocycles. The fourth-order valence-electron chi connectivity index (χ4n) is 2.66. The van der Waals surface area contributed by atoms with Crippen molar-refractivity contribution in [3.8, 4) is 11.3 Å². The smallest absolute Gasteiger partial charge is 0.0701 e. The predicted molar refractivity (Wildman–Crippen MR) is 81.4 cm³/mol. The molecule has 3 heteroatoms. The van der Waals surface area contributed by atoms with Gasteiger partial charge in [-0.2, -0.15) is 5.10 Å². The Morgan fingerprint density at radius 2 is 1.95 bits per heavy atom. The molecule has 0 amide bonds. The lowest BCUT2D eigenvalue weighted by Gasteiger charge is -2.08. The largest absolute Gasteiger partial charge is 0.310 e. The van der Waals surface area contributed by atoms with Gasteiger partial charge in [0.15, 0.2) is 0 Å². The first-order valence-electron chi connectivity index (χ1n) is 7.15. The molecule has 0 radical (unpaired) electrons. The van der Waals surface area contributed by atoms with Crippen LogP contribution < -0.4 is 5.32 Å². The normalized spacial score (nSPS) is 14.8. The SMILES string of the molecule is c1ccc2c(-c3[nH]ncc3CNC3CC3)cccc2c1. The van der Waals surface area contributed by atoms with E-state index in [2.05, 4.69) is 58.0 Å². The van der Waals surface area contributed by atoms with Crippen molar-refractivity contribution in [3.05, 3.63) is 54.2 Å². The van der Waals surface area contributed by atoms with Crippen molar-refractivity contribution in [2.24, 2.45) is 0 Å². The highest BCUT2D eigenvalue weighted by molar-refractivity contribution is 5.96. The van der Waals surface area contributed by atoms with Crippen molar-refractivity contribution in [3.63, 3.8) is 0 Å². The summed E-state index contributed by atoms with van der Waals surface area (Å²) in [6.07, 6.45) is 4.55. The second kappa shape index (κ2) is 4.76. The molecule has 1 fully saturated rings. The van der Waals surface area contributed by atoms with Crippen LogP contribution in [0.25, 0.3) is 22.0 Å². The molecule has 4 rings (SSSR count). The molecule has 1 saturated carbocycles. The number of nitrogens with zero attached hydrogens (tertiary/aromatic N) is 1. The number of nitrogens with one attached hydrogen (secondary N) is 2. The average Bonchev–Trinajstić information content (AvgIpc) is 3.21. The third-order valence-corrected chi connectivity index (χ3v) is 3.94. The Labute approximate surface area is 118 Å². The van der Waals surface area contributed by atoms with E-state index in [1.165, 1.54) is 34.7 Å². The summed E-state index contributed by atoms with van der Waals surface area (Å²) in [5.41, 5.74) is 3.61. The summed E-state index contributed by atoms with van der Waals surface area (Å²) >= 11 is 0. The van der Waals surface area contributed by atoms with Crippen LogP contribution in [0, 0.1) is 0 Å². The zero-order valence-corrected chi connectivity index (χ0v) is 11.3. The van der Waals surface area contributed by atoms with E-state index in [1.54, 1.807) is 0 Å². The van der Waals surface area contributed by atoms with Gasteiger partial charge in [0.25, 0.3) is 0 Å². The summed E-state index contributed by atoms with van der Waals surface area (Å²) in [7, 11) is 0. The summed E-state index contributed by atoms with van der Waals surface area (Å²) in [4.78, 5) is 0. The standard InChI is InChI=1S/C17H17N3/c1-2-6-15-12(4-1)5-3-7-16(15)17-13(11-19-20-17)10-18-14-8-9-14/h1-7,11,14,18H,8-10H2,(H,19,20). The van der Waals surface area contributed by atoms with Crippen molar-refractivity contribution in [2.45, 2.75) is 25.4 Å². The van der Waals surface area contributed by atoms with Crippen LogP contribution in [-0.2, 0) is 6.54 Å². The first-order valence-corrected chi connectivity index (χ1v) is 7.15. The maximum Gasteiger partial charge on any atom is 0.0701 e. The molecule has 100 valence electrons. The molecule has 0 saturated heterocycles. The molecular formula is C17H17N3. The minimum Gasteiger partial charge on any atom is -0.310 e. The van der Waals surface area contributed by atoms with Crippen LogP contribution in [0.2, 0.25) is 0 Å². The second-order valence-corrected chi connectivity index (χ2v) is 5.45. The van der Waals surface area contributed by atoms with E-state index in [9.17, 15) is 0 Å². The summed E-state index contributed by atoms with van der Waals surface area (Å²) in [5, 5.41) is 13.5. The van der Waals surface area contributed by atoms with Crippen molar-refractivity contribution in [1.29, 1.82) is 0 Å². The van der Waals surface area contributed by atoms with E-state index in [0.29, 0.717) is 6.04 Å². The molecule has 1 aromatic heterocycles. The lowest BCUT2D eigenvalue weighted by atomic mass is 10.00. The quantitative estimate of drug-likeness (QED) is 0.756. The minimum atomic E-state index is 0.713. The Bertz CT molecular complexity index is 735. The molecule has 0 aliphatic heterocycles. The van der Waals surface area contributed by atoms with Gasteiger partial charge < -0.3 is 5.32 Å². The average molecular weight is 263 g/mol. The van der Waals surface area contributed by atoms with Gasteiger partial charge >= 0.3 is 0 Å². The molecule has 2 N–H and O–H groups in total. The molecule has 3 nitrogen and oxygen atoms in total. The van der Waals surface area contributed by atoms with Gasteiger partial charge in [0, 0.05) is 23.7 Å². The zero-order chi connectivity index (χ0) is 13.4. The maximum atomic E-state index is 4.24. The monoisotopic (exact) mass is 263 g/mol. The molecular weight excluding hydrogens is 246 g/mol. The molecule has 0 bridgehead atoms. The molecule has 1 aliphatic rings. The van der Waals surface area contributed by atoms with Gasteiger partial charge in [-0.1, -0.05) is 42.5 Å². The van der Waals surface area contributed by atoms with E-state index in [0.717, 1.165) is 12.2 Å². The highest BCUT2D eigenvalue weighted by Crippen LogP contribution is 2.29. The molecule has 1 aliphatic carbocycles. The van der Waals surface area contributed by atoms with Crippen molar-refractivity contribution < 1.29 is 0 Å². The van der Waals surface area contributed by atoms with E-state index in [1.807, 2.05) is 6.20 Å². The summed E-state index contributed by atoms with van der Waals surface area (Å²) in [6.45, 7) is 0.889. The van der Waals surface area contributed by atoms with E-state index < -0.39 is 0 Å². The first kappa shape index (κ1) is 11.7. The maximum absolute atomic E-state index is 4.24. The van der Waals surface area contributed by atoms with E-state index in [4.69, 9.17) is 0 Å². The number of hydrogen-bond donors (Lipinski definition) is 2. The number of aromatic amines is 1. The number of hydrogen-bond acceptors (Lipinski definition) is 2. The Hall–Kier alpha value is -2.13. The van der Waals surface area contributed by atoms with Gasteiger partial charge in [0.05, 0.1) is 11.9 Å². The number of fused-ring (bicyclic) bond motifs is 1. The van der Waals surface area contributed by atoms with Gasteiger partial charge in [-0.15, -0.1) is 0 Å². The van der Waals surface area contributed by atoms with Crippen LogP contribution >= 0.6 is 0 Å². The minimum absolute atomic E-state index is 0.713. The van der Waals surface area contributed by atoms with Crippen LogP contribution in [0.3, 0.4) is 0 Å². The Balaban J connectivity index is 1.76. The summed E-state index contributed by atoms with van der Waals surface area (Å²) in [5.74, 6) is 0. The number of H-pyrrole nitrogens is 1. The first-order chi connectivity index (χ1) is 9.92. The van der Waals surface area contributed by atoms with Crippen LogP contribution in [0.15, 0.2) is 48.7 Å². The second-order valence-electron chi connectivity index (χ2n) is 5.45. The topological polar surface area (TPSA) is 40.7 Å². The van der Waals surface area contributed by atoms with E-state index in [-0.39, 0.29) is 0 Å². The molecule has 0 spiro atoms. The molecule has 3 aromatic rings. The molecule has 20 heavy (non-hydrogen) atoms. The number of aromatic nitrogens is 2. The lowest BCUT2D eigenvalue weighted by Crippen LogP contribution is -2.15. The summed E-state index contributed by atoms with van der Waals surface area (Å²) in [6, 6.07) is 15.6. The Morgan fingerprint density at radius 1 is 1.10 bits per heavy atom. The Kier molecular flexibility index (Phi) is 2.78. The van der Waals surface area contributed by atoms with Gasteiger partial charge in [-0.05, 0) is 23.6 Å². The zero-order valence-electron chi connectivity index (χ0n) is 11.3. The Morgan fingerprint density at radius 3 is 2.85 bits per heavy atom. The number of rotatable bonds is 4. The highest BCUT2D eigenvalue weighted by atomic mass is 15.1. The third kappa shape index (κ3) is 2.10. The lowest BCUT2D eigenvalue weighted by molar-refractivity contribution is 0.689. The van der Waals surface area contributed by atoms with E-state index >= 15 is 0 Å². The summed E-state index contributed by atoms with van der Waals surface area (Å²) < 4.78 is 0. The van der Waals surface area contributed by atoms with Gasteiger partial charge in [0.2, 0.25) is 0 Å². The fourth-order valence-corrected chi connectivity index (χ4v) is 2.66. The fraction of sp³-hybridized carbons (Fsp3) is 0.235. The highest BCUT2D eigenvalue weighted by Gasteiger charge is 2.21. The van der Waals surface area contributed by atoms with Gasteiger partial charge in [-0.3, -0.25) is 5.10 Å². The van der Waals surface area contributed by atoms with Gasteiger partial charge in [0.1, 0.15) is 0 Å². The van der Waals surface area contributed by atoms with Crippen molar-refractivity contribution >= 4 is 10.8 Å². The molecule has 0 atom stereocenters. The predicted octanol–water partition coefficient (Wildman–Crippen LogP) is 3.48. The van der Waals surface area contributed by atoms with Crippen molar-refractivity contribution in [1.82, 2.24) is 15.5 Å². The van der Waals surface area contributed by atoms with Crippen LogP contribution in [0.5, 0.6) is 0 Å². The van der Waals surface area contributed by atoms with Crippen LogP contribution in [-0.4, -0.2) is 16.2 Å². The van der Waals surface area contributed by atoms with Crippen molar-refractivity contribution in [2.75, 3.05) is 0 Å². The molecule has 0 unspecified atom stereocenters.